The molecule has 3 atom stereocenters. The van der Waals surface area contributed by atoms with Gasteiger partial charge in [-0.05, 0) is 24.7 Å². The maximum Gasteiger partial charge on any atom is 0.235 e. The van der Waals surface area contributed by atoms with Crippen LogP contribution in [0.5, 0.6) is 5.88 Å². The molecule has 3 unspecified atom stereocenters. The lowest BCUT2D eigenvalue weighted by molar-refractivity contribution is 0.164. The third kappa shape index (κ3) is 2.73. The van der Waals surface area contributed by atoms with E-state index in [9.17, 15) is 0 Å². The van der Waals surface area contributed by atoms with Gasteiger partial charge in [0.25, 0.3) is 0 Å². The Morgan fingerprint density at radius 1 is 1.26 bits per heavy atom. The second kappa shape index (κ2) is 5.45. The first kappa shape index (κ1) is 14.3. The van der Waals surface area contributed by atoms with Gasteiger partial charge in [0, 0.05) is 23.9 Å². The van der Waals surface area contributed by atoms with Crippen molar-refractivity contribution >= 4 is 0 Å². The van der Waals surface area contributed by atoms with E-state index in [-0.39, 0.29) is 11.5 Å². The molecule has 4 nitrogen and oxygen atoms in total. The van der Waals surface area contributed by atoms with Crippen LogP contribution >= 0.6 is 0 Å². The minimum Gasteiger partial charge on any atom is -0.480 e. The van der Waals surface area contributed by atoms with Gasteiger partial charge in [0.15, 0.2) is 0 Å². The summed E-state index contributed by atoms with van der Waals surface area (Å²) in [6, 6.07) is 0.227. The lowest BCUT2D eigenvalue weighted by Crippen LogP contribution is -2.46. The van der Waals surface area contributed by atoms with E-state index in [1.54, 1.807) is 19.5 Å². The fourth-order valence-electron chi connectivity index (χ4n) is 3.41. The van der Waals surface area contributed by atoms with Crippen molar-refractivity contribution in [2.75, 3.05) is 7.11 Å². The van der Waals surface area contributed by atoms with Crippen LogP contribution in [0.1, 0.15) is 45.7 Å². The number of nitrogens with two attached hydrogens (primary N) is 1. The minimum atomic E-state index is -0.112. The summed E-state index contributed by atoms with van der Waals surface area (Å²) in [5, 5.41) is 0. The summed E-state index contributed by atoms with van der Waals surface area (Å²) in [6.45, 7) is 6.70. The van der Waals surface area contributed by atoms with Gasteiger partial charge >= 0.3 is 0 Å². The highest BCUT2D eigenvalue weighted by atomic mass is 16.5. The summed E-state index contributed by atoms with van der Waals surface area (Å²) in [5.74, 6) is 1.78. The first-order valence-electron chi connectivity index (χ1n) is 7.08. The molecule has 1 saturated carbocycles. The predicted octanol–water partition coefficient (Wildman–Crippen LogP) is 2.53. The maximum absolute atomic E-state index is 6.40. The van der Waals surface area contributed by atoms with Crippen molar-refractivity contribution in [1.82, 2.24) is 9.97 Å². The molecular formula is C15H25N3O. The first-order chi connectivity index (χ1) is 8.96. The van der Waals surface area contributed by atoms with Crippen LogP contribution in [0.3, 0.4) is 0 Å². The van der Waals surface area contributed by atoms with E-state index in [1.807, 2.05) is 0 Å². The Morgan fingerprint density at radius 2 is 1.95 bits per heavy atom. The van der Waals surface area contributed by atoms with E-state index >= 15 is 0 Å². The lowest BCUT2D eigenvalue weighted by atomic mass is 9.65. The molecule has 2 N–H and O–H groups in total. The van der Waals surface area contributed by atoms with Gasteiger partial charge in [0.05, 0.1) is 7.11 Å². The number of aromatic nitrogens is 2. The van der Waals surface area contributed by atoms with Crippen molar-refractivity contribution < 1.29 is 4.74 Å². The number of rotatable bonds is 3. The van der Waals surface area contributed by atoms with Crippen LogP contribution in [0, 0.1) is 11.8 Å². The second-order valence-corrected chi connectivity index (χ2v) is 6.32. The Labute approximate surface area is 115 Å². The van der Waals surface area contributed by atoms with Crippen molar-refractivity contribution in [3.05, 3.63) is 18.1 Å². The van der Waals surface area contributed by atoms with Crippen LogP contribution in [0.4, 0.5) is 0 Å². The Balaban J connectivity index is 2.31. The molecule has 0 aliphatic heterocycles. The number of nitrogens with zero attached hydrogens (tertiary/aromatic N) is 2. The molecule has 1 aliphatic rings. The van der Waals surface area contributed by atoms with E-state index < -0.39 is 0 Å². The first-order valence-corrected chi connectivity index (χ1v) is 7.08. The molecule has 1 aliphatic carbocycles. The molecule has 1 heterocycles. The molecule has 0 spiro atoms. The van der Waals surface area contributed by atoms with Gasteiger partial charge in [0.2, 0.25) is 5.88 Å². The molecule has 0 amide bonds. The Bertz CT molecular complexity index is 433. The molecule has 0 aromatic carbocycles. The minimum absolute atomic E-state index is 0.112. The van der Waals surface area contributed by atoms with E-state index in [2.05, 4.69) is 30.7 Å². The van der Waals surface area contributed by atoms with Crippen molar-refractivity contribution in [2.45, 2.75) is 51.5 Å². The zero-order valence-electron chi connectivity index (χ0n) is 12.4. The Kier molecular flexibility index (Phi) is 4.09. The van der Waals surface area contributed by atoms with Gasteiger partial charge in [-0.2, -0.15) is 0 Å². The van der Waals surface area contributed by atoms with Crippen molar-refractivity contribution in [3.63, 3.8) is 0 Å². The summed E-state index contributed by atoms with van der Waals surface area (Å²) in [6.07, 6.45) is 6.88. The summed E-state index contributed by atoms with van der Waals surface area (Å²) in [5.41, 5.74) is 7.21. The fourth-order valence-corrected chi connectivity index (χ4v) is 3.41. The fraction of sp³-hybridized carbons (Fsp3) is 0.733. The highest BCUT2D eigenvalue weighted by Gasteiger charge is 2.41. The third-order valence-corrected chi connectivity index (χ3v) is 4.56. The summed E-state index contributed by atoms with van der Waals surface area (Å²) in [7, 11) is 1.65. The Morgan fingerprint density at radius 3 is 2.58 bits per heavy atom. The van der Waals surface area contributed by atoms with Gasteiger partial charge in [-0.1, -0.05) is 27.2 Å². The van der Waals surface area contributed by atoms with Gasteiger partial charge in [-0.3, -0.25) is 4.98 Å². The molecule has 19 heavy (non-hydrogen) atoms. The summed E-state index contributed by atoms with van der Waals surface area (Å²) in [4.78, 5) is 8.78. The van der Waals surface area contributed by atoms with Crippen molar-refractivity contribution in [1.29, 1.82) is 0 Å². The maximum atomic E-state index is 6.40. The normalized spacial score (nSPS) is 28.2. The highest BCUT2D eigenvalue weighted by molar-refractivity contribution is 5.27. The van der Waals surface area contributed by atoms with Gasteiger partial charge in [-0.15, -0.1) is 0 Å². The quantitative estimate of drug-likeness (QED) is 0.910. The number of methoxy groups -OCH3 is 1. The van der Waals surface area contributed by atoms with Crippen LogP contribution in [0.25, 0.3) is 0 Å². The number of ether oxygens (including phenoxy) is 1. The average molecular weight is 263 g/mol. The van der Waals surface area contributed by atoms with Crippen molar-refractivity contribution in [2.24, 2.45) is 17.6 Å². The standard InChI is InChI=1S/C15H25N3O/c1-10-5-6-11(12(16)9-10)15(2,3)13-14(19-4)18-8-7-17-13/h7-8,10-12H,5-6,9,16H2,1-4H3. The lowest BCUT2D eigenvalue weighted by Gasteiger charge is -2.42. The Hall–Kier alpha value is -1.16. The van der Waals surface area contributed by atoms with Crippen LogP contribution in [0.15, 0.2) is 12.4 Å². The van der Waals surface area contributed by atoms with E-state index in [0.717, 1.165) is 24.5 Å². The zero-order valence-corrected chi connectivity index (χ0v) is 12.4. The van der Waals surface area contributed by atoms with E-state index in [4.69, 9.17) is 10.5 Å². The predicted molar refractivity (Wildman–Crippen MR) is 76.1 cm³/mol. The molecule has 0 saturated heterocycles. The average Bonchev–Trinajstić information content (AvgIpc) is 2.38. The molecule has 0 bridgehead atoms. The number of hydrogen-bond acceptors (Lipinski definition) is 4. The van der Waals surface area contributed by atoms with E-state index in [1.165, 1.54) is 6.42 Å². The number of hydrogen-bond donors (Lipinski definition) is 1. The molecular weight excluding hydrogens is 238 g/mol. The van der Waals surface area contributed by atoms with Gasteiger partial charge < -0.3 is 10.5 Å². The summed E-state index contributed by atoms with van der Waals surface area (Å²) >= 11 is 0. The van der Waals surface area contributed by atoms with Crippen molar-refractivity contribution in [3.8, 4) is 5.88 Å². The van der Waals surface area contributed by atoms with Crippen LogP contribution in [-0.2, 0) is 5.41 Å². The molecule has 1 aromatic rings. The van der Waals surface area contributed by atoms with E-state index in [0.29, 0.717) is 11.8 Å². The molecule has 106 valence electrons. The molecule has 0 radical (unpaired) electrons. The van der Waals surface area contributed by atoms with Gasteiger partial charge in [-0.25, -0.2) is 4.98 Å². The molecule has 4 heteroatoms. The van der Waals surface area contributed by atoms with Crippen LogP contribution < -0.4 is 10.5 Å². The molecule has 1 fully saturated rings. The van der Waals surface area contributed by atoms with Crippen LogP contribution in [0.2, 0.25) is 0 Å². The topological polar surface area (TPSA) is 61.0 Å². The summed E-state index contributed by atoms with van der Waals surface area (Å²) < 4.78 is 5.36. The zero-order chi connectivity index (χ0) is 14.0. The SMILES string of the molecule is COc1nccnc1C(C)(C)C1CCC(C)CC1N. The highest BCUT2D eigenvalue weighted by Crippen LogP contribution is 2.42. The third-order valence-electron chi connectivity index (χ3n) is 4.56. The second-order valence-electron chi connectivity index (χ2n) is 6.32. The monoisotopic (exact) mass is 263 g/mol. The smallest absolute Gasteiger partial charge is 0.235 e. The molecule has 2 rings (SSSR count). The largest absolute Gasteiger partial charge is 0.480 e. The molecule has 1 aromatic heterocycles. The van der Waals surface area contributed by atoms with Gasteiger partial charge in [0.1, 0.15) is 5.69 Å². The van der Waals surface area contributed by atoms with Crippen LogP contribution in [-0.4, -0.2) is 23.1 Å².